The van der Waals surface area contributed by atoms with Gasteiger partial charge in [-0.1, -0.05) is 60.7 Å². The number of morpholine rings is 1. The predicted molar refractivity (Wildman–Crippen MR) is 145 cm³/mol. The van der Waals surface area contributed by atoms with Crippen LogP contribution in [0.5, 0.6) is 5.75 Å². The fourth-order valence-electron chi connectivity index (χ4n) is 3.97. The van der Waals surface area contributed by atoms with Crippen LogP contribution in [0, 0.1) is 0 Å². The Morgan fingerprint density at radius 1 is 0.946 bits per heavy atom. The smallest absolute Gasteiger partial charge is 0.267 e. The lowest BCUT2D eigenvalue weighted by Crippen LogP contribution is -2.42. The number of aliphatic imine (C=N–C) groups is 1. The molecule has 0 N–H and O–H groups in total. The summed E-state index contributed by atoms with van der Waals surface area (Å²) in [6.45, 7) is 2.75. The van der Waals surface area contributed by atoms with Crippen molar-refractivity contribution >= 4 is 40.5 Å². The van der Waals surface area contributed by atoms with Gasteiger partial charge in [0.15, 0.2) is 11.8 Å². The molecule has 0 saturated carbocycles. The van der Waals surface area contributed by atoms with E-state index in [0.717, 1.165) is 16.8 Å². The van der Waals surface area contributed by atoms with E-state index in [-0.39, 0.29) is 18.4 Å². The van der Waals surface area contributed by atoms with Crippen LogP contribution in [0.1, 0.15) is 11.1 Å². The standard InChI is InChI=1S/C29H27N3O4S/c33-27(31-15-17-35-18-16-31)21-36-25-13-11-22(12-14-25)19-26-28(34)32(20-23-7-3-1-4-8-23)29(37-26)30-24-9-5-2-6-10-24/h1-14,19H,15-18,20-21H2/b26-19-,30-29?. The highest BCUT2D eigenvalue weighted by Gasteiger charge is 2.33. The largest absolute Gasteiger partial charge is 0.484 e. The SMILES string of the molecule is O=C(COc1ccc(/C=C2\SC(=Nc3ccccc3)N(Cc3ccccc3)C2=O)cc1)N1CCOCC1. The van der Waals surface area contributed by atoms with Crippen LogP contribution in [-0.2, 0) is 20.9 Å². The Kier molecular flexibility index (Phi) is 7.98. The van der Waals surface area contributed by atoms with Gasteiger partial charge in [0.1, 0.15) is 5.75 Å². The van der Waals surface area contributed by atoms with Gasteiger partial charge in [0.2, 0.25) is 0 Å². The number of amidine groups is 1. The van der Waals surface area contributed by atoms with Gasteiger partial charge in [0, 0.05) is 13.1 Å². The Balaban J connectivity index is 1.29. The summed E-state index contributed by atoms with van der Waals surface area (Å²) in [5, 5.41) is 0.646. The molecule has 0 aromatic heterocycles. The van der Waals surface area contributed by atoms with Crippen molar-refractivity contribution < 1.29 is 19.1 Å². The molecule has 3 aromatic rings. The Hall–Kier alpha value is -3.88. The second-order valence-electron chi connectivity index (χ2n) is 8.57. The highest BCUT2D eigenvalue weighted by Crippen LogP contribution is 2.35. The molecule has 2 heterocycles. The van der Waals surface area contributed by atoms with E-state index in [9.17, 15) is 9.59 Å². The fourth-order valence-corrected chi connectivity index (χ4v) is 4.97. The number of carbonyl (C=O) groups is 2. The van der Waals surface area contributed by atoms with Crippen molar-refractivity contribution in [1.29, 1.82) is 0 Å². The molecular weight excluding hydrogens is 486 g/mol. The first kappa shape index (κ1) is 24.8. The number of ether oxygens (including phenoxy) is 2. The van der Waals surface area contributed by atoms with E-state index in [1.54, 1.807) is 9.80 Å². The molecule has 2 fully saturated rings. The molecule has 0 unspecified atom stereocenters. The van der Waals surface area contributed by atoms with Gasteiger partial charge in [-0.15, -0.1) is 0 Å². The third kappa shape index (κ3) is 6.47. The highest BCUT2D eigenvalue weighted by atomic mass is 32.2. The van der Waals surface area contributed by atoms with Crippen molar-refractivity contribution in [2.24, 2.45) is 4.99 Å². The van der Waals surface area contributed by atoms with Crippen molar-refractivity contribution in [1.82, 2.24) is 9.80 Å². The van der Waals surface area contributed by atoms with Crippen LogP contribution < -0.4 is 4.74 Å². The highest BCUT2D eigenvalue weighted by molar-refractivity contribution is 8.18. The summed E-state index contributed by atoms with van der Waals surface area (Å²) in [5.41, 5.74) is 2.69. The molecule has 5 rings (SSSR count). The van der Waals surface area contributed by atoms with Gasteiger partial charge in [0.05, 0.1) is 30.4 Å². The van der Waals surface area contributed by atoms with E-state index < -0.39 is 0 Å². The summed E-state index contributed by atoms with van der Waals surface area (Å²) >= 11 is 1.37. The second kappa shape index (κ2) is 11.9. The Morgan fingerprint density at radius 3 is 2.32 bits per heavy atom. The van der Waals surface area contributed by atoms with Crippen LogP contribution in [0.2, 0.25) is 0 Å². The van der Waals surface area contributed by atoms with Gasteiger partial charge in [-0.25, -0.2) is 4.99 Å². The Bertz CT molecular complexity index is 1290. The van der Waals surface area contributed by atoms with E-state index in [1.807, 2.05) is 91.0 Å². The van der Waals surface area contributed by atoms with Gasteiger partial charge in [0.25, 0.3) is 11.8 Å². The van der Waals surface area contributed by atoms with Crippen LogP contribution in [0.4, 0.5) is 5.69 Å². The van der Waals surface area contributed by atoms with Gasteiger partial charge >= 0.3 is 0 Å². The van der Waals surface area contributed by atoms with Crippen LogP contribution in [0.15, 0.2) is 94.8 Å². The van der Waals surface area contributed by atoms with Gasteiger partial charge in [-0.3, -0.25) is 14.5 Å². The first-order chi connectivity index (χ1) is 18.2. The molecule has 0 radical (unpaired) electrons. The maximum Gasteiger partial charge on any atom is 0.267 e. The summed E-state index contributed by atoms with van der Waals surface area (Å²) in [7, 11) is 0. The molecule has 7 nitrogen and oxygen atoms in total. The minimum Gasteiger partial charge on any atom is -0.484 e. The molecule has 2 amide bonds. The number of hydrogen-bond acceptors (Lipinski definition) is 6. The first-order valence-corrected chi connectivity index (χ1v) is 12.9. The van der Waals surface area contributed by atoms with Crippen molar-refractivity contribution in [3.8, 4) is 5.75 Å². The number of carbonyl (C=O) groups excluding carboxylic acids is 2. The van der Waals surface area contributed by atoms with Crippen molar-refractivity contribution in [3.63, 3.8) is 0 Å². The van der Waals surface area contributed by atoms with Gasteiger partial charge in [-0.2, -0.15) is 0 Å². The summed E-state index contributed by atoms with van der Waals surface area (Å²) in [6.07, 6.45) is 1.86. The van der Waals surface area contributed by atoms with E-state index in [1.165, 1.54) is 11.8 Å². The molecule has 2 saturated heterocycles. The summed E-state index contributed by atoms with van der Waals surface area (Å²) in [6, 6.07) is 26.9. The molecule has 0 spiro atoms. The average Bonchev–Trinajstić information content (AvgIpc) is 3.23. The van der Waals surface area contributed by atoms with E-state index in [4.69, 9.17) is 14.5 Å². The molecule has 37 heavy (non-hydrogen) atoms. The zero-order valence-electron chi connectivity index (χ0n) is 20.3. The lowest BCUT2D eigenvalue weighted by Gasteiger charge is -2.26. The monoisotopic (exact) mass is 513 g/mol. The number of para-hydroxylation sites is 1. The lowest BCUT2D eigenvalue weighted by atomic mass is 10.2. The summed E-state index contributed by atoms with van der Waals surface area (Å²) < 4.78 is 11.0. The fraction of sp³-hybridized carbons (Fsp3) is 0.207. The lowest BCUT2D eigenvalue weighted by molar-refractivity contribution is -0.137. The number of hydrogen-bond donors (Lipinski definition) is 0. The minimum atomic E-state index is -0.0834. The average molecular weight is 514 g/mol. The third-order valence-corrected chi connectivity index (χ3v) is 6.96. The number of thioether (sulfide) groups is 1. The molecule has 3 aromatic carbocycles. The molecule has 188 valence electrons. The van der Waals surface area contributed by atoms with Crippen LogP contribution in [0.25, 0.3) is 6.08 Å². The third-order valence-electron chi connectivity index (χ3n) is 5.96. The van der Waals surface area contributed by atoms with Gasteiger partial charge in [-0.05, 0) is 53.2 Å². The van der Waals surface area contributed by atoms with Gasteiger partial charge < -0.3 is 14.4 Å². The topological polar surface area (TPSA) is 71.4 Å². The number of amides is 2. The van der Waals surface area contributed by atoms with Crippen LogP contribution >= 0.6 is 11.8 Å². The summed E-state index contributed by atoms with van der Waals surface area (Å²) in [5.74, 6) is 0.470. The number of nitrogens with zero attached hydrogens (tertiary/aromatic N) is 3. The maximum atomic E-state index is 13.4. The summed E-state index contributed by atoms with van der Waals surface area (Å²) in [4.78, 5) is 34.5. The second-order valence-corrected chi connectivity index (χ2v) is 9.58. The minimum absolute atomic E-state index is 0.0114. The Morgan fingerprint density at radius 2 is 1.62 bits per heavy atom. The quantitative estimate of drug-likeness (QED) is 0.427. The predicted octanol–water partition coefficient (Wildman–Crippen LogP) is 4.73. The maximum absolute atomic E-state index is 13.4. The van der Waals surface area contributed by atoms with E-state index in [2.05, 4.69) is 0 Å². The van der Waals surface area contributed by atoms with Crippen LogP contribution in [0.3, 0.4) is 0 Å². The van der Waals surface area contributed by atoms with Crippen molar-refractivity contribution in [2.75, 3.05) is 32.9 Å². The van der Waals surface area contributed by atoms with Crippen molar-refractivity contribution in [3.05, 3.63) is 101 Å². The molecular formula is C29H27N3O4S. The normalized spacial score (nSPS) is 18.0. The molecule has 2 aliphatic heterocycles. The molecule has 8 heteroatoms. The molecule has 0 aliphatic carbocycles. The van der Waals surface area contributed by atoms with E-state index in [0.29, 0.717) is 48.7 Å². The van der Waals surface area contributed by atoms with Crippen LogP contribution in [-0.4, -0.2) is 59.7 Å². The van der Waals surface area contributed by atoms with Crippen molar-refractivity contribution in [2.45, 2.75) is 6.54 Å². The Labute approximate surface area is 220 Å². The zero-order chi connectivity index (χ0) is 25.5. The first-order valence-electron chi connectivity index (χ1n) is 12.1. The molecule has 0 bridgehead atoms. The molecule has 2 aliphatic rings. The van der Waals surface area contributed by atoms with E-state index >= 15 is 0 Å². The number of rotatable bonds is 7. The zero-order valence-corrected chi connectivity index (χ0v) is 21.1. The molecule has 0 atom stereocenters. The number of benzene rings is 3.